The molecule has 4 nitrogen and oxygen atoms in total. The molecule has 4 heteroatoms. The number of carbonyl (C=O) groups excluding carboxylic acids is 2. The number of hydrogen-bond donors (Lipinski definition) is 1. The highest BCUT2D eigenvalue weighted by atomic mass is 16.5. The fourth-order valence-corrected chi connectivity index (χ4v) is 1.71. The van der Waals surface area contributed by atoms with Crippen LogP contribution in [0.3, 0.4) is 0 Å². The predicted octanol–water partition coefficient (Wildman–Crippen LogP) is 0.464. The third-order valence-electron chi connectivity index (χ3n) is 2.66. The van der Waals surface area contributed by atoms with Crippen molar-refractivity contribution >= 4 is 11.9 Å². The lowest BCUT2D eigenvalue weighted by Crippen LogP contribution is -2.46. The van der Waals surface area contributed by atoms with Gasteiger partial charge in [-0.15, -0.1) is 0 Å². The van der Waals surface area contributed by atoms with Crippen molar-refractivity contribution in [2.24, 2.45) is 5.41 Å². The molecule has 1 N–H and O–H groups in total. The maximum Gasteiger partial charge on any atom is 0.332 e. The first-order valence-electron chi connectivity index (χ1n) is 4.23. The molecule has 13 heavy (non-hydrogen) atoms. The van der Waals surface area contributed by atoms with Crippen LogP contribution in [-0.2, 0) is 14.3 Å². The molecule has 0 aromatic heterocycles. The lowest BCUT2D eigenvalue weighted by Gasteiger charge is -2.18. The van der Waals surface area contributed by atoms with Crippen molar-refractivity contribution in [2.75, 3.05) is 7.11 Å². The average molecular weight is 185 g/mol. The van der Waals surface area contributed by atoms with Crippen molar-refractivity contribution in [3.05, 3.63) is 0 Å². The first-order valence-corrected chi connectivity index (χ1v) is 4.23. The second-order valence-corrected chi connectivity index (χ2v) is 4.14. The minimum atomic E-state index is -0.784. The van der Waals surface area contributed by atoms with E-state index in [9.17, 15) is 9.59 Å². The molecule has 1 aliphatic carbocycles. The van der Waals surface area contributed by atoms with Gasteiger partial charge in [0.1, 0.15) is 5.54 Å². The van der Waals surface area contributed by atoms with E-state index in [0.717, 1.165) is 0 Å². The molecule has 0 bridgehead atoms. The number of amides is 1. The van der Waals surface area contributed by atoms with Gasteiger partial charge in [-0.25, -0.2) is 4.79 Å². The highest BCUT2D eigenvalue weighted by molar-refractivity contribution is 5.91. The summed E-state index contributed by atoms with van der Waals surface area (Å²) in [6.07, 6.45) is 0.645. The van der Waals surface area contributed by atoms with Crippen molar-refractivity contribution in [3.63, 3.8) is 0 Å². The highest BCUT2D eigenvalue weighted by Gasteiger charge is 2.68. The van der Waals surface area contributed by atoms with Gasteiger partial charge in [-0.3, -0.25) is 4.79 Å². The number of rotatable bonds is 2. The SMILES string of the molecule is COC(=O)[C@]1(NC(C)=O)CC1(C)C. The smallest absolute Gasteiger partial charge is 0.332 e. The molecule has 1 amide bonds. The molecule has 0 spiro atoms. The van der Waals surface area contributed by atoms with E-state index in [4.69, 9.17) is 0 Å². The van der Waals surface area contributed by atoms with Crippen LogP contribution in [0.2, 0.25) is 0 Å². The molecule has 74 valence electrons. The highest BCUT2D eigenvalue weighted by Crippen LogP contribution is 2.56. The standard InChI is InChI=1S/C9H15NO3/c1-6(11)10-9(7(12)13-4)5-8(9,2)3/h5H2,1-4H3,(H,10,11)/t9-/m1/s1. The van der Waals surface area contributed by atoms with Gasteiger partial charge in [0.2, 0.25) is 5.91 Å². The second-order valence-electron chi connectivity index (χ2n) is 4.14. The summed E-state index contributed by atoms with van der Waals surface area (Å²) in [6.45, 7) is 5.26. The largest absolute Gasteiger partial charge is 0.467 e. The van der Waals surface area contributed by atoms with E-state index >= 15 is 0 Å². The van der Waals surface area contributed by atoms with E-state index in [1.165, 1.54) is 14.0 Å². The fourth-order valence-electron chi connectivity index (χ4n) is 1.71. The summed E-state index contributed by atoms with van der Waals surface area (Å²) in [5.74, 6) is -0.552. The van der Waals surface area contributed by atoms with E-state index in [2.05, 4.69) is 10.1 Å². The molecular weight excluding hydrogens is 170 g/mol. The third kappa shape index (κ3) is 1.41. The zero-order valence-corrected chi connectivity index (χ0v) is 8.43. The van der Waals surface area contributed by atoms with E-state index in [-0.39, 0.29) is 17.3 Å². The van der Waals surface area contributed by atoms with E-state index in [1.54, 1.807) is 0 Å². The van der Waals surface area contributed by atoms with Crippen LogP contribution in [0.4, 0.5) is 0 Å². The van der Waals surface area contributed by atoms with Gasteiger partial charge < -0.3 is 10.1 Å². The first-order chi connectivity index (χ1) is 5.85. The quantitative estimate of drug-likeness (QED) is 0.636. The molecule has 1 aliphatic rings. The topological polar surface area (TPSA) is 55.4 Å². The Hall–Kier alpha value is -1.06. The maximum absolute atomic E-state index is 11.4. The zero-order chi connectivity index (χ0) is 10.3. The predicted molar refractivity (Wildman–Crippen MR) is 47.0 cm³/mol. The summed E-state index contributed by atoms with van der Waals surface area (Å²) in [6, 6.07) is 0. The van der Waals surface area contributed by atoms with Gasteiger partial charge in [0.05, 0.1) is 7.11 Å². The van der Waals surface area contributed by atoms with Gasteiger partial charge in [-0.2, -0.15) is 0 Å². The molecule has 0 aliphatic heterocycles. The molecule has 0 radical (unpaired) electrons. The summed E-state index contributed by atoms with van der Waals surface area (Å²) in [5.41, 5.74) is -0.973. The Morgan fingerprint density at radius 2 is 1.85 bits per heavy atom. The molecule has 1 atom stereocenters. The Morgan fingerprint density at radius 3 is 2.08 bits per heavy atom. The van der Waals surface area contributed by atoms with Crippen LogP contribution < -0.4 is 5.32 Å². The van der Waals surface area contributed by atoms with Crippen LogP contribution in [0.15, 0.2) is 0 Å². The van der Waals surface area contributed by atoms with Crippen molar-refractivity contribution in [3.8, 4) is 0 Å². The lowest BCUT2D eigenvalue weighted by molar-refractivity contribution is -0.147. The number of hydrogen-bond acceptors (Lipinski definition) is 3. The van der Waals surface area contributed by atoms with Crippen molar-refractivity contribution in [1.29, 1.82) is 0 Å². The number of nitrogens with one attached hydrogen (secondary N) is 1. The second kappa shape index (κ2) is 2.72. The Balaban J connectivity index is 2.81. The van der Waals surface area contributed by atoms with Gasteiger partial charge >= 0.3 is 5.97 Å². The van der Waals surface area contributed by atoms with Crippen LogP contribution in [0.25, 0.3) is 0 Å². The van der Waals surface area contributed by atoms with E-state index in [1.807, 2.05) is 13.8 Å². The van der Waals surface area contributed by atoms with Crippen LogP contribution in [0.5, 0.6) is 0 Å². The molecule has 0 aromatic carbocycles. The zero-order valence-electron chi connectivity index (χ0n) is 8.43. The van der Waals surface area contributed by atoms with Crippen LogP contribution in [-0.4, -0.2) is 24.5 Å². The van der Waals surface area contributed by atoms with Gasteiger partial charge in [0.25, 0.3) is 0 Å². The van der Waals surface area contributed by atoms with Crippen molar-refractivity contribution in [2.45, 2.75) is 32.7 Å². The number of esters is 1. The summed E-state index contributed by atoms with van der Waals surface area (Å²) in [5, 5.41) is 2.66. The molecule has 0 aromatic rings. The van der Waals surface area contributed by atoms with Crippen LogP contribution >= 0.6 is 0 Å². The first kappa shape index (κ1) is 10.0. The minimum Gasteiger partial charge on any atom is -0.467 e. The Morgan fingerprint density at radius 1 is 1.38 bits per heavy atom. The molecular formula is C9H15NO3. The molecule has 0 heterocycles. The van der Waals surface area contributed by atoms with Gasteiger partial charge in [-0.05, 0) is 6.42 Å². The average Bonchev–Trinajstić information content (AvgIpc) is 2.51. The summed E-state index contributed by atoms with van der Waals surface area (Å²) >= 11 is 0. The van der Waals surface area contributed by atoms with E-state index < -0.39 is 5.54 Å². The lowest BCUT2D eigenvalue weighted by atomic mass is 10.0. The van der Waals surface area contributed by atoms with Gasteiger partial charge in [-0.1, -0.05) is 13.8 Å². The Bertz CT molecular complexity index is 260. The molecule has 0 unspecified atom stereocenters. The summed E-state index contributed by atoms with van der Waals surface area (Å²) in [7, 11) is 1.33. The third-order valence-corrected chi connectivity index (χ3v) is 2.66. The molecule has 1 fully saturated rings. The van der Waals surface area contributed by atoms with Crippen molar-refractivity contribution in [1.82, 2.24) is 5.32 Å². The minimum absolute atomic E-state index is 0.189. The van der Waals surface area contributed by atoms with Gasteiger partial charge in [0, 0.05) is 12.3 Å². The Labute approximate surface area is 77.6 Å². The monoisotopic (exact) mass is 185 g/mol. The van der Waals surface area contributed by atoms with Crippen LogP contribution in [0.1, 0.15) is 27.2 Å². The normalized spacial score (nSPS) is 29.2. The summed E-state index contributed by atoms with van der Waals surface area (Å²) < 4.78 is 4.66. The molecule has 1 saturated carbocycles. The Kier molecular flexibility index (Phi) is 2.10. The van der Waals surface area contributed by atoms with Gasteiger partial charge in [0.15, 0.2) is 0 Å². The molecule has 1 rings (SSSR count). The van der Waals surface area contributed by atoms with Crippen LogP contribution in [0, 0.1) is 5.41 Å². The maximum atomic E-state index is 11.4. The number of methoxy groups -OCH3 is 1. The molecule has 0 saturated heterocycles. The van der Waals surface area contributed by atoms with Crippen molar-refractivity contribution < 1.29 is 14.3 Å². The fraction of sp³-hybridized carbons (Fsp3) is 0.778. The number of ether oxygens (including phenoxy) is 1. The summed E-state index contributed by atoms with van der Waals surface area (Å²) in [4.78, 5) is 22.3. The van der Waals surface area contributed by atoms with E-state index in [0.29, 0.717) is 6.42 Å². The number of carbonyl (C=O) groups is 2.